The van der Waals surface area contributed by atoms with Gasteiger partial charge in [-0.15, -0.1) is 0 Å². The molecule has 2 amide bonds. The van der Waals surface area contributed by atoms with Gasteiger partial charge in [0, 0.05) is 25.2 Å². The largest absolute Gasteiger partial charge is 0.353 e. The molecule has 5 nitrogen and oxygen atoms in total. The smallest absolute Gasteiger partial charge is 0.240 e. The van der Waals surface area contributed by atoms with Crippen molar-refractivity contribution < 1.29 is 9.59 Å². The third-order valence-electron chi connectivity index (χ3n) is 4.17. The first-order chi connectivity index (χ1) is 8.50. The molecular weight excluding hydrogens is 230 g/mol. The Hall–Kier alpha value is -1.10. The minimum atomic E-state index is -0.122. The van der Waals surface area contributed by atoms with Gasteiger partial charge in [-0.05, 0) is 33.6 Å². The predicted molar refractivity (Wildman–Crippen MR) is 69.0 cm³/mol. The van der Waals surface area contributed by atoms with Crippen LogP contribution >= 0.6 is 0 Å². The molecule has 0 aromatic carbocycles. The van der Waals surface area contributed by atoms with Crippen LogP contribution in [0.15, 0.2) is 0 Å². The molecule has 2 aliphatic heterocycles. The summed E-state index contributed by atoms with van der Waals surface area (Å²) in [5, 5.41) is 2.75. The number of carbonyl (C=O) groups is 2. The first kappa shape index (κ1) is 13.3. The number of amides is 2. The fourth-order valence-corrected chi connectivity index (χ4v) is 3.20. The zero-order chi connectivity index (χ0) is 13.3. The van der Waals surface area contributed by atoms with E-state index in [0.717, 1.165) is 12.8 Å². The van der Waals surface area contributed by atoms with Gasteiger partial charge in [0.2, 0.25) is 11.8 Å². The number of hydrogen-bond acceptors (Lipinski definition) is 3. The Kier molecular flexibility index (Phi) is 3.90. The van der Waals surface area contributed by atoms with E-state index in [9.17, 15) is 9.59 Å². The van der Waals surface area contributed by atoms with Crippen LogP contribution in [0.2, 0.25) is 0 Å². The number of rotatable bonds is 2. The number of hydrogen-bond donors (Lipinski definition) is 1. The summed E-state index contributed by atoms with van der Waals surface area (Å²) in [4.78, 5) is 27.7. The molecule has 5 heteroatoms. The van der Waals surface area contributed by atoms with E-state index in [1.807, 2.05) is 6.92 Å². The molecule has 2 rings (SSSR count). The van der Waals surface area contributed by atoms with Crippen LogP contribution in [0.3, 0.4) is 0 Å². The minimum absolute atomic E-state index is 0.0516. The van der Waals surface area contributed by atoms with Gasteiger partial charge in [-0.2, -0.15) is 0 Å². The highest BCUT2D eigenvalue weighted by Crippen LogP contribution is 2.26. The second kappa shape index (κ2) is 5.26. The van der Waals surface area contributed by atoms with E-state index in [-0.39, 0.29) is 24.4 Å². The van der Waals surface area contributed by atoms with Crippen molar-refractivity contribution in [2.45, 2.75) is 51.7 Å². The Labute approximate surface area is 108 Å². The van der Waals surface area contributed by atoms with Gasteiger partial charge >= 0.3 is 0 Å². The first-order valence-electron chi connectivity index (χ1n) is 6.83. The molecule has 2 aliphatic rings. The fourth-order valence-electron chi connectivity index (χ4n) is 3.20. The summed E-state index contributed by atoms with van der Waals surface area (Å²) in [7, 11) is 0. The Morgan fingerprint density at radius 2 is 1.94 bits per heavy atom. The summed E-state index contributed by atoms with van der Waals surface area (Å²) >= 11 is 0. The topological polar surface area (TPSA) is 52.7 Å². The summed E-state index contributed by atoms with van der Waals surface area (Å²) in [6.45, 7) is 7.73. The van der Waals surface area contributed by atoms with E-state index in [2.05, 4.69) is 24.1 Å². The molecule has 3 unspecified atom stereocenters. The molecule has 0 saturated carbocycles. The van der Waals surface area contributed by atoms with Crippen molar-refractivity contribution >= 4 is 11.8 Å². The molecule has 2 fully saturated rings. The SMILES string of the molecule is CC1CCC(C)N1C(C)C(=O)N1CCNC(=O)C1. The van der Waals surface area contributed by atoms with E-state index < -0.39 is 0 Å². The maximum atomic E-state index is 12.4. The average molecular weight is 253 g/mol. The van der Waals surface area contributed by atoms with Crippen LogP contribution in [0.4, 0.5) is 0 Å². The quantitative estimate of drug-likeness (QED) is 0.765. The Morgan fingerprint density at radius 1 is 1.33 bits per heavy atom. The zero-order valence-corrected chi connectivity index (χ0v) is 11.5. The summed E-state index contributed by atoms with van der Waals surface area (Å²) in [6, 6.07) is 0.790. The van der Waals surface area contributed by atoms with Crippen molar-refractivity contribution in [3.8, 4) is 0 Å². The summed E-state index contributed by atoms with van der Waals surface area (Å²) in [6.07, 6.45) is 2.30. The first-order valence-corrected chi connectivity index (χ1v) is 6.83. The standard InChI is InChI=1S/C13H23N3O2/c1-9-4-5-10(2)16(9)11(3)13(18)15-7-6-14-12(17)8-15/h9-11H,4-8H2,1-3H3,(H,14,17). The van der Waals surface area contributed by atoms with Crippen LogP contribution in [0.25, 0.3) is 0 Å². The summed E-state index contributed by atoms with van der Waals surface area (Å²) in [5.41, 5.74) is 0. The molecule has 1 N–H and O–H groups in total. The molecule has 0 aromatic heterocycles. The fraction of sp³-hybridized carbons (Fsp3) is 0.846. The molecule has 0 aromatic rings. The van der Waals surface area contributed by atoms with Crippen molar-refractivity contribution in [1.29, 1.82) is 0 Å². The number of piperazine rings is 1. The third kappa shape index (κ3) is 2.51. The number of nitrogens with one attached hydrogen (secondary N) is 1. The van der Waals surface area contributed by atoms with E-state index in [1.165, 1.54) is 0 Å². The molecule has 0 spiro atoms. The molecule has 18 heavy (non-hydrogen) atoms. The van der Waals surface area contributed by atoms with E-state index in [4.69, 9.17) is 0 Å². The van der Waals surface area contributed by atoms with Crippen molar-refractivity contribution in [2.75, 3.05) is 19.6 Å². The van der Waals surface area contributed by atoms with Crippen LogP contribution in [0.1, 0.15) is 33.6 Å². The number of nitrogens with zero attached hydrogens (tertiary/aromatic N) is 2. The van der Waals surface area contributed by atoms with Crippen molar-refractivity contribution in [3.05, 3.63) is 0 Å². The van der Waals surface area contributed by atoms with Gasteiger partial charge in [0.25, 0.3) is 0 Å². The molecule has 102 valence electrons. The van der Waals surface area contributed by atoms with Crippen molar-refractivity contribution in [1.82, 2.24) is 15.1 Å². The maximum Gasteiger partial charge on any atom is 0.240 e. The molecule has 2 heterocycles. The normalized spacial score (nSPS) is 31.3. The minimum Gasteiger partial charge on any atom is -0.353 e. The van der Waals surface area contributed by atoms with Gasteiger partial charge in [-0.25, -0.2) is 0 Å². The van der Waals surface area contributed by atoms with Crippen LogP contribution in [-0.2, 0) is 9.59 Å². The van der Waals surface area contributed by atoms with Crippen LogP contribution in [-0.4, -0.2) is 59.4 Å². The third-order valence-corrected chi connectivity index (χ3v) is 4.17. The van der Waals surface area contributed by atoms with E-state index >= 15 is 0 Å². The molecule has 0 radical (unpaired) electrons. The average Bonchev–Trinajstić information content (AvgIpc) is 2.67. The summed E-state index contributed by atoms with van der Waals surface area (Å²) < 4.78 is 0. The van der Waals surface area contributed by atoms with Crippen LogP contribution in [0, 0.1) is 0 Å². The van der Waals surface area contributed by atoms with Gasteiger partial charge in [-0.3, -0.25) is 14.5 Å². The van der Waals surface area contributed by atoms with Gasteiger partial charge in [0.1, 0.15) is 0 Å². The van der Waals surface area contributed by atoms with E-state index in [1.54, 1.807) is 4.90 Å². The highest BCUT2D eigenvalue weighted by Gasteiger charge is 2.36. The molecule has 3 atom stereocenters. The van der Waals surface area contributed by atoms with Gasteiger partial charge in [-0.1, -0.05) is 0 Å². The predicted octanol–water partition coefficient (Wildman–Crippen LogP) is 0.206. The Balaban J connectivity index is 2.01. The highest BCUT2D eigenvalue weighted by atomic mass is 16.2. The second-order valence-corrected chi connectivity index (χ2v) is 5.51. The van der Waals surface area contributed by atoms with Crippen LogP contribution in [0.5, 0.6) is 0 Å². The molecular formula is C13H23N3O2. The lowest BCUT2D eigenvalue weighted by molar-refractivity contribution is -0.142. The van der Waals surface area contributed by atoms with Gasteiger partial charge < -0.3 is 10.2 Å². The monoisotopic (exact) mass is 253 g/mol. The van der Waals surface area contributed by atoms with Crippen molar-refractivity contribution in [3.63, 3.8) is 0 Å². The lowest BCUT2D eigenvalue weighted by Crippen LogP contribution is -2.56. The highest BCUT2D eigenvalue weighted by molar-refractivity contribution is 5.88. The number of carbonyl (C=O) groups excluding carboxylic acids is 2. The maximum absolute atomic E-state index is 12.4. The van der Waals surface area contributed by atoms with Crippen LogP contribution < -0.4 is 5.32 Å². The molecule has 0 bridgehead atoms. The Bertz CT molecular complexity index is 335. The lowest BCUT2D eigenvalue weighted by Gasteiger charge is -2.36. The Morgan fingerprint density at radius 3 is 2.50 bits per heavy atom. The summed E-state index contributed by atoms with van der Waals surface area (Å²) in [5.74, 6) is 0.0368. The van der Waals surface area contributed by atoms with Gasteiger partial charge in [0.15, 0.2) is 0 Å². The molecule has 0 aliphatic carbocycles. The van der Waals surface area contributed by atoms with Gasteiger partial charge in [0.05, 0.1) is 12.6 Å². The van der Waals surface area contributed by atoms with Crippen molar-refractivity contribution in [2.24, 2.45) is 0 Å². The second-order valence-electron chi connectivity index (χ2n) is 5.51. The van der Waals surface area contributed by atoms with E-state index in [0.29, 0.717) is 25.2 Å². The lowest BCUT2D eigenvalue weighted by atomic mass is 10.1. The molecule has 2 saturated heterocycles. The number of likely N-dealkylation sites (tertiary alicyclic amines) is 1. The zero-order valence-electron chi connectivity index (χ0n) is 11.5.